The fourth-order valence-electron chi connectivity index (χ4n) is 1.41. The Bertz CT molecular complexity index is 265. The van der Waals surface area contributed by atoms with Crippen molar-refractivity contribution in [2.45, 2.75) is 13.1 Å². The van der Waals surface area contributed by atoms with Gasteiger partial charge in [-0.25, -0.2) is 0 Å². The summed E-state index contributed by atoms with van der Waals surface area (Å²) in [5.74, 6) is 0. The average molecular weight is 251 g/mol. The molecular formula is C11H20Cl2N2. The molecule has 0 aliphatic rings. The molecule has 0 bridgehead atoms. The fourth-order valence-corrected chi connectivity index (χ4v) is 1.41. The van der Waals surface area contributed by atoms with Crippen LogP contribution in [-0.2, 0) is 13.1 Å². The first-order valence-electron chi connectivity index (χ1n) is 4.59. The molecule has 1 aromatic carbocycles. The smallest absolute Gasteiger partial charge is 0.0227 e. The van der Waals surface area contributed by atoms with Crippen molar-refractivity contribution in [2.24, 2.45) is 0 Å². The highest BCUT2D eigenvalue weighted by Crippen LogP contribution is 2.06. The van der Waals surface area contributed by atoms with Gasteiger partial charge in [0, 0.05) is 13.1 Å². The van der Waals surface area contributed by atoms with Gasteiger partial charge in [0.05, 0.1) is 0 Å². The molecular weight excluding hydrogens is 231 g/mol. The second-order valence-electron chi connectivity index (χ2n) is 3.59. The number of halogens is 2. The van der Waals surface area contributed by atoms with Gasteiger partial charge < -0.3 is 10.2 Å². The van der Waals surface area contributed by atoms with Crippen LogP contribution in [-0.4, -0.2) is 26.0 Å². The highest BCUT2D eigenvalue weighted by Gasteiger charge is 1.96. The SMILES string of the molecule is CNCc1cccc(CN(C)C)c1.Cl.Cl. The topological polar surface area (TPSA) is 15.3 Å². The largest absolute Gasteiger partial charge is 0.316 e. The van der Waals surface area contributed by atoms with Crippen molar-refractivity contribution in [2.75, 3.05) is 21.1 Å². The summed E-state index contributed by atoms with van der Waals surface area (Å²) in [6.07, 6.45) is 0. The summed E-state index contributed by atoms with van der Waals surface area (Å²) in [5, 5.41) is 3.15. The molecule has 0 unspecified atom stereocenters. The van der Waals surface area contributed by atoms with E-state index in [0.29, 0.717) is 0 Å². The van der Waals surface area contributed by atoms with Crippen LogP contribution in [0.2, 0.25) is 0 Å². The van der Waals surface area contributed by atoms with Gasteiger partial charge in [-0.3, -0.25) is 0 Å². The normalized spacial score (nSPS) is 9.33. The molecule has 0 aromatic heterocycles. The van der Waals surface area contributed by atoms with E-state index in [2.05, 4.69) is 48.6 Å². The van der Waals surface area contributed by atoms with Crippen molar-refractivity contribution in [1.82, 2.24) is 10.2 Å². The molecule has 0 atom stereocenters. The van der Waals surface area contributed by atoms with Gasteiger partial charge in [0.15, 0.2) is 0 Å². The lowest BCUT2D eigenvalue weighted by molar-refractivity contribution is 0.402. The molecule has 88 valence electrons. The molecule has 0 aliphatic carbocycles. The van der Waals surface area contributed by atoms with Crippen molar-refractivity contribution in [3.05, 3.63) is 35.4 Å². The van der Waals surface area contributed by atoms with Crippen LogP contribution >= 0.6 is 24.8 Å². The van der Waals surface area contributed by atoms with Gasteiger partial charge in [-0.1, -0.05) is 24.3 Å². The van der Waals surface area contributed by atoms with Crippen LogP contribution in [0.15, 0.2) is 24.3 Å². The summed E-state index contributed by atoms with van der Waals surface area (Å²) in [6, 6.07) is 8.68. The maximum absolute atomic E-state index is 3.15. The summed E-state index contributed by atoms with van der Waals surface area (Å²) in [4.78, 5) is 2.18. The third kappa shape index (κ3) is 6.74. The minimum atomic E-state index is 0. The number of nitrogens with one attached hydrogen (secondary N) is 1. The van der Waals surface area contributed by atoms with Crippen LogP contribution in [0.25, 0.3) is 0 Å². The molecule has 1 N–H and O–H groups in total. The predicted octanol–water partition coefficient (Wildman–Crippen LogP) is 2.31. The Hall–Kier alpha value is -0.280. The quantitative estimate of drug-likeness (QED) is 0.883. The molecule has 15 heavy (non-hydrogen) atoms. The first-order valence-corrected chi connectivity index (χ1v) is 4.59. The molecule has 1 aromatic rings. The zero-order valence-electron chi connectivity index (χ0n) is 9.49. The van der Waals surface area contributed by atoms with Gasteiger partial charge in [0.2, 0.25) is 0 Å². The predicted molar refractivity (Wildman–Crippen MR) is 71.1 cm³/mol. The maximum atomic E-state index is 3.15. The van der Waals surface area contributed by atoms with Gasteiger partial charge >= 0.3 is 0 Å². The minimum absolute atomic E-state index is 0. The van der Waals surface area contributed by atoms with Crippen molar-refractivity contribution in [3.8, 4) is 0 Å². The lowest BCUT2D eigenvalue weighted by Gasteiger charge is -2.10. The van der Waals surface area contributed by atoms with E-state index in [-0.39, 0.29) is 24.8 Å². The number of benzene rings is 1. The van der Waals surface area contributed by atoms with Crippen LogP contribution in [0, 0.1) is 0 Å². The van der Waals surface area contributed by atoms with Crippen LogP contribution in [0.4, 0.5) is 0 Å². The highest BCUT2D eigenvalue weighted by molar-refractivity contribution is 5.85. The second-order valence-corrected chi connectivity index (χ2v) is 3.59. The third-order valence-corrected chi connectivity index (χ3v) is 1.87. The summed E-state index contributed by atoms with van der Waals surface area (Å²) < 4.78 is 0. The van der Waals surface area contributed by atoms with Crippen LogP contribution < -0.4 is 5.32 Å². The van der Waals surface area contributed by atoms with E-state index in [4.69, 9.17) is 0 Å². The van der Waals surface area contributed by atoms with Crippen LogP contribution in [0.3, 0.4) is 0 Å². The number of hydrogen-bond acceptors (Lipinski definition) is 2. The van der Waals surface area contributed by atoms with Crippen molar-refractivity contribution < 1.29 is 0 Å². The van der Waals surface area contributed by atoms with Gasteiger partial charge in [-0.15, -0.1) is 24.8 Å². The highest BCUT2D eigenvalue weighted by atomic mass is 35.5. The summed E-state index contributed by atoms with van der Waals surface area (Å²) in [7, 11) is 6.15. The number of nitrogens with zero attached hydrogens (tertiary/aromatic N) is 1. The molecule has 0 heterocycles. The number of hydrogen-bond donors (Lipinski definition) is 1. The van der Waals surface area contributed by atoms with E-state index in [1.54, 1.807) is 0 Å². The Balaban J connectivity index is 0. The lowest BCUT2D eigenvalue weighted by Crippen LogP contribution is -2.11. The van der Waals surface area contributed by atoms with E-state index in [1.807, 2.05) is 7.05 Å². The molecule has 0 radical (unpaired) electrons. The Labute approximate surface area is 105 Å². The van der Waals surface area contributed by atoms with E-state index >= 15 is 0 Å². The minimum Gasteiger partial charge on any atom is -0.316 e. The van der Waals surface area contributed by atoms with Gasteiger partial charge in [-0.2, -0.15) is 0 Å². The van der Waals surface area contributed by atoms with Crippen LogP contribution in [0.1, 0.15) is 11.1 Å². The molecule has 0 aliphatic heterocycles. The molecule has 0 spiro atoms. The fraction of sp³-hybridized carbons (Fsp3) is 0.455. The lowest BCUT2D eigenvalue weighted by atomic mass is 10.1. The van der Waals surface area contributed by atoms with Crippen molar-refractivity contribution in [3.63, 3.8) is 0 Å². The molecule has 1 rings (SSSR count). The monoisotopic (exact) mass is 250 g/mol. The Morgan fingerprint density at radius 1 is 1.13 bits per heavy atom. The molecule has 0 fully saturated rings. The Morgan fingerprint density at radius 3 is 2.27 bits per heavy atom. The van der Waals surface area contributed by atoms with Gasteiger partial charge in [0.1, 0.15) is 0 Å². The summed E-state index contributed by atoms with van der Waals surface area (Å²) in [6.45, 7) is 1.96. The van der Waals surface area contributed by atoms with Crippen molar-refractivity contribution in [1.29, 1.82) is 0 Å². The Morgan fingerprint density at radius 2 is 1.73 bits per heavy atom. The maximum Gasteiger partial charge on any atom is 0.0227 e. The zero-order chi connectivity index (χ0) is 9.68. The molecule has 0 saturated carbocycles. The first kappa shape index (κ1) is 17.1. The standard InChI is InChI=1S/C11H18N2.2ClH/c1-12-8-10-5-4-6-11(7-10)9-13(2)3;;/h4-7,12H,8-9H2,1-3H3;2*1H. The molecule has 0 amide bonds. The second kappa shape index (κ2) is 8.98. The van der Waals surface area contributed by atoms with E-state index in [9.17, 15) is 0 Å². The zero-order valence-corrected chi connectivity index (χ0v) is 11.1. The molecule has 4 heteroatoms. The van der Waals surface area contributed by atoms with Crippen molar-refractivity contribution >= 4 is 24.8 Å². The first-order chi connectivity index (χ1) is 6.22. The van der Waals surface area contributed by atoms with E-state index < -0.39 is 0 Å². The molecule has 2 nitrogen and oxygen atoms in total. The van der Waals surface area contributed by atoms with Gasteiger partial charge in [0.25, 0.3) is 0 Å². The van der Waals surface area contributed by atoms with E-state index in [1.165, 1.54) is 11.1 Å². The summed E-state index contributed by atoms with van der Waals surface area (Å²) >= 11 is 0. The third-order valence-electron chi connectivity index (χ3n) is 1.87. The van der Waals surface area contributed by atoms with Gasteiger partial charge in [-0.05, 0) is 32.3 Å². The van der Waals surface area contributed by atoms with Crippen LogP contribution in [0.5, 0.6) is 0 Å². The van der Waals surface area contributed by atoms with E-state index in [0.717, 1.165) is 13.1 Å². The Kier molecular flexibility index (Phi) is 10.3. The molecule has 0 saturated heterocycles. The summed E-state index contributed by atoms with van der Waals surface area (Å²) in [5.41, 5.74) is 2.72. The number of rotatable bonds is 4. The average Bonchev–Trinajstić information content (AvgIpc) is 2.04.